The molecule has 1 saturated heterocycles. The summed E-state index contributed by atoms with van der Waals surface area (Å²) in [6, 6.07) is 5.49. The van der Waals surface area contributed by atoms with Crippen molar-refractivity contribution in [2.24, 2.45) is 10.4 Å². The summed E-state index contributed by atoms with van der Waals surface area (Å²) < 4.78 is 11.2. The lowest BCUT2D eigenvalue weighted by atomic mass is 9.91. The fourth-order valence-electron chi connectivity index (χ4n) is 5.40. The lowest BCUT2D eigenvalue weighted by Gasteiger charge is -2.39. The number of nitrogens with one attached hydrogen (secondary N) is 2. The molecule has 1 aromatic carbocycles. The monoisotopic (exact) mass is 627 g/mol. The van der Waals surface area contributed by atoms with Crippen molar-refractivity contribution in [3.8, 4) is 0 Å². The number of amides is 2. The first-order valence-electron chi connectivity index (χ1n) is 15.5. The van der Waals surface area contributed by atoms with Gasteiger partial charge in [-0.2, -0.15) is 0 Å². The molecule has 0 saturated carbocycles. The van der Waals surface area contributed by atoms with E-state index in [0.29, 0.717) is 50.7 Å². The third kappa shape index (κ3) is 9.68. The van der Waals surface area contributed by atoms with Gasteiger partial charge in [0.25, 0.3) is 0 Å². The number of carbonyl (C=O) groups excluding carboxylic acids is 2. The van der Waals surface area contributed by atoms with E-state index in [2.05, 4.69) is 60.0 Å². The quantitative estimate of drug-likeness (QED) is 0.207. The number of rotatable bonds is 13. The minimum atomic E-state index is -0.557. The summed E-state index contributed by atoms with van der Waals surface area (Å²) in [5.41, 5.74) is 3.84. The fraction of sp³-hybridized carbons (Fsp3) is 0.559. The van der Waals surface area contributed by atoms with Gasteiger partial charge in [-0.3, -0.25) is 14.7 Å². The maximum Gasteiger partial charge on any atom is 0.409 e. The summed E-state index contributed by atoms with van der Waals surface area (Å²) in [4.78, 5) is 34.3. The Morgan fingerprint density at radius 1 is 1.23 bits per heavy atom. The van der Waals surface area contributed by atoms with Gasteiger partial charge in [0, 0.05) is 57.6 Å². The topological polar surface area (TPSA) is 95.5 Å². The van der Waals surface area contributed by atoms with Crippen molar-refractivity contribution in [2.75, 3.05) is 46.9 Å². The highest BCUT2D eigenvalue weighted by Gasteiger charge is 2.33. The SMILES string of the molecule is C=C1C=C(C(/C=C/NC=NC)NC(=O)C(CCC)OC)c2cc(Cl)ccc2C(N2CCN(C(=O)OCC(C)(C)CC)CC2)C1. The van der Waals surface area contributed by atoms with Crippen LogP contribution in [0.25, 0.3) is 5.57 Å². The van der Waals surface area contributed by atoms with Crippen molar-refractivity contribution in [2.45, 2.75) is 71.6 Å². The number of carbonyl (C=O) groups is 2. The van der Waals surface area contributed by atoms with Gasteiger partial charge in [0.1, 0.15) is 6.10 Å². The smallest absolute Gasteiger partial charge is 0.409 e. The van der Waals surface area contributed by atoms with Gasteiger partial charge in [0.05, 0.1) is 19.0 Å². The summed E-state index contributed by atoms with van der Waals surface area (Å²) in [5, 5.41) is 6.82. The minimum Gasteiger partial charge on any atom is -0.449 e. The van der Waals surface area contributed by atoms with Crippen molar-refractivity contribution in [1.82, 2.24) is 20.4 Å². The van der Waals surface area contributed by atoms with E-state index in [1.54, 1.807) is 31.6 Å². The van der Waals surface area contributed by atoms with Crippen LogP contribution in [0.3, 0.4) is 0 Å². The first-order chi connectivity index (χ1) is 21.0. The number of benzene rings is 1. The van der Waals surface area contributed by atoms with Crippen molar-refractivity contribution < 1.29 is 19.1 Å². The molecule has 2 aliphatic rings. The first-order valence-corrected chi connectivity index (χ1v) is 15.9. The van der Waals surface area contributed by atoms with Crippen molar-refractivity contribution in [3.63, 3.8) is 0 Å². The number of methoxy groups -OCH3 is 1. The van der Waals surface area contributed by atoms with E-state index in [1.807, 2.05) is 25.1 Å². The predicted molar refractivity (Wildman–Crippen MR) is 179 cm³/mol. The highest BCUT2D eigenvalue weighted by Crippen LogP contribution is 2.40. The number of hydrogen-bond acceptors (Lipinski definition) is 6. The van der Waals surface area contributed by atoms with Crippen LogP contribution in [-0.4, -0.2) is 87.2 Å². The van der Waals surface area contributed by atoms with Gasteiger partial charge in [-0.1, -0.05) is 70.0 Å². The van der Waals surface area contributed by atoms with Crippen LogP contribution >= 0.6 is 11.6 Å². The summed E-state index contributed by atoms with van der Waals surface area (Å²) in [6.45, 7) is 15.7. The van der Waals surface area contributed by atoms with Crippen LogP contribution in [-0.2, 0) is 14.3 Å². The van der Waals surface area contributed by atoms with Crippen LogP contribution < -0.4 is 10.6 Å². The van der Waals surface area contributed by atoms with Gasteiger partial charge in [-0.05, 0) is 59.6 Å². The molecule has 0 bridgehead atoms. The van der Waals surface area contributed by atoms with Crippen LogP contribution in [0, 0.1) is 5.41 Å². The molecule has 1 aliphatic heterocycles. The van der Waals surface area contributed by atoms with Gasteiger partial charge < -0.3 is 25.0 Å². The second-order valence-electron chi connectivity index (χ2n) is 12.2. The number of nitrogens with zero attached hydrogens (tertiary/aromatic N) is 3. The largest absolute Gasteiger partial charge is 0.449 e. The molecule has 242 valence electrons. The molecule has 3 rings (SSSR count). The lowest BCUT2D eigenvalue weighted by molar-refractivity contribution is -0.131. The molecule has 0 spiro atoms. The number of allylic oxidation sites excluding steroid dienone is 1. The second kappa shape index (κ2) is 16.8. The average molecular weight is 628 g/mol. The van der Waals surface area contributed by atoms with E-state index in [-0.39, 0.29) is 23.5 Å². The molecule has 0 aromatic heterocycles. The zero-order valence-corrected chi connectivity index (χ0v) is 28.0. The Balaban J connectivity index is 1.88. The van der Waals surface area contributed by atoms with Crippen LogP contribution in [0.4, 0.5) is 4.79 Å². The summed E-state index contributed by atoms with van der Waals surface area (Å²) >= 11 is 6.58. The van der Waals surface area contributed by atoms with Crippen molar-refractivity contribution >= 4 is 35.5 Å². The van der Waals surface area contributed by atoms with E-state index in [1.165, 1.54) is 0 Å². The molecular weight excluding hydrogens is 578 g/mol. The minimum absolute atomic E-state index is 0.0261. The maximum atomic E-state index is 13.3. The van der Waals surface area contributed by atoms with Crippen LogP contribution in [0.1, 0.15) is 70.5 Å². The maximum absolute atomic E-state index is 13.3. The van der Waals surface area contributed by atoms with Gasteiger partial charge in [-0.25, -0.2) is 4.79 Å². The van der Waals surface area contributed by atoms with E-state index in [9.17, 15) is 9.59 Å². The summed E-state index contributed by atoms with van der Waals surface area (Å²) in [5.74, 6) is -0.186. The molecule has 3 unspecified atom stereocenters. The Kier molecular flexibility index (Phi) is 13.5. The Hall–Kier alpha value is -3.14. The number of hydrogen-bond donors (Lipinski definition) is 2. The lowest BCUT2D eigenvalue weighted by Crippen LogP contribution is -2.50. The molecule has 1 aromatic rings. The third-order valence-electron chi connectivity index (χ3n) is 8.41. The average Bonchev–Trinajstić information content (AvgIpc) is 3.16. The number of fused-ring (bicyclic) bond motifs is 1. The highest BCUT2D eigenvalue weighted by molar-refractivity contribution is 6.30. The van der Waals surface area contributed by atoms with Crippen molar-refractivity contribution in [1.29, 1.82) is 0 Å². The third-order valence-corrected chi connectivity index (χ3v) is 8.64. The Bertz CT molecular complexity index is 1240. The fourth-order valence-corrected chi connectivity index (χ4v) is 5.57. The zero-order chi connectivity index (χ0) is 32.3. The second-order valence-corrected chi connectivity index (χ2v) is 12.7. The molecule has 10 heteroatoms. The molecule has 9 nitrogen and oxygen atoms in total. The van der Waals surface area contributed by atoms with Crippen LogP contribution in [0.5, 0.6) is 0 Å². The number of halogens is 1. The molecule has 1 fully saturated rings. The molecule has 2 amide bonds. The van der Waals surface area contributed by atoms with E-state index < -0.39 is 12.1 Å². The van der Waals surface area contributed by atoms with Crippen LogP contribution in [0.2, 0.25) is 5.02 Å². The van der Waals surface area contributed by atoms with E-state index >= 15 is 0 Å². The van der Waals surface area contributed by atoms with Gasteiger partial charge in [0.15, 0.2) is 0 Å². The van der Waals surface area contributed by atoms with E-state index in [4.69, 9.17) is 21.1 Å². The molecule has 1 heterocycles. The predicted octanol–water partition coefficient (Wildman–Crippen LogP) is 5.98. The normalized spacial score (nSPS) is 19.3. The Morgan fingerprint density at radius 2 is 1.95 bits per heavy atom. The Morgan fingerprint density at radius 3 is 2.59 bits per heavy atom. The number of piperazine rings is 1. The van der Waals surface area contributed by atoms with Gasteiger partial charge >= 0.3 is 6.09 Å². The van der Waals surface area contributed by atoms with Crippen LogP contribution in [0.15, 0.2) is 53.7 Å². The number of ether oxygens (including phenoxy) is 2. The molecule has 1 aliphatic carbocycles. The molecule has 2 N–H and O–H groups in total. The molecular formula is C34H50ClN5O4. The first kappa shape index (κ1) is 35.3. The standard InChI is InChI=1S/C34H50ClN5O4/c1-8-10-31(43-7)32(41)38-29(13-14-37-23-36-6)28-19-24(3)20-30(26-12-11-25(35)21-27(26)28)39-15-17-40(18-16-39)33(42)44-22-34(4,5)9-2/h11-14,19,21,23,29-31H,3,8-10,15-18,20,22H2,1-2,4-7H3,(H,36,37)(H,38,41)/b14-13+. The van der Waals surface area contributed by atoms with Gasteiger partial charge in [-0.15, -0.1) is 0 Å². The zero-order valence-electron chi connectivity index (χ0n) is 27.2. The Labute approximate surface area is 268 Å². The summed E-state index contributed by atoms with van der Waals surface area (Å²) in [7, 11) is 3.24. The van der Waals surface area contributed by atoms with E-state index in [0.717, 1.165) is 35.1 Å². The molecule has 44 heavy (non-hydrogen) atoms. The number of aliphatic imine (C=N–C) groups is 1. The summed E-state index contributed by atoms with van der Waals surface area (Å²) in [6.07, 6.45) is 9.56. The van der Waals surface area contributed by atoms with Crippen molar-refractivity contribution in [3.05, 3.63) is 64.9 Å². The van der Waals surface area contributed by atoms with Gasteiger partial charge in [0.2, 0.25) is 5.91 Å². The molecule has 0 radical (unpaired) electrons. The highest BCUT2D eigenvalue weighted by atomic mass is 35.5. The molecule has 3 atom stereocenters.